The zero-order chi connectivity index (χ0) is 16.9. The van der Waals surface area contributed by atoms with E-state index in [1.807, 2.05) is 17.0 Å². The van der Waals surface area contributed by atoms with Crippen LogP contribution in [0.5, 0.6) is 0 Å². The summed E-state index contributed by atoms with van der Waals surface area (Å²) in [6, 6.07) is 3.77. The number of aliphatic imine (C=N–C) groups is 1. The van der Waals surface area contributed by atoms with E-state index in [9.17, 15) is 8.42 Å². The molecule has 1 aromatic rings. The van der Waals surface area contributed by atoms with Gasteiger partial charge in [0, 0.05) is 32.6 Å². The normalized spacial score (nSPS) is 20.3. The van der Waals surface area contributed by atoms with Crippen molar-refractivity contribution in [1.82, 2.24) is 10.2 Å². The molecule has 23 heavy (non-hydrogen) atoms. The van der Waals surface area contributed by atoms with Crippen molar-refractivity contribution in [2.24, 2.45) is 4.99 Å². The Morgan fingerprint density at radius 2 is 2.35 bits per heavy atom. The van der Waals surface area contributed by atoms with Gasteiger partial charge in [-0.3, -0.25) is 4.99 Å². The molecule has 0 unspecified atom stereocenters. The minimum atomic E-state index is -3.06. The first-order chi connectivity index (χ1) is 10.9. The first kappa shape index (κ1) is 17.6. The van der Waals surface area contributed by atoms with Crippen molar-refractivity contribution in [1.29, 1.82) is 0 Å². The molecule has 0 aromatic carbocycles. The topological polar surface area (TPSA) is 74.9 Å². The van der Waals surface area contributed by atoms with Crippen molar-refractivity contribution < 1.29 is 12.8 Å². The van der Waals surface area contributed by atoms with Gasteiger partial charge in [0.15, 0.2) is 15.8 Å². The van der Waals surface area contributed by atoms with Crippen LogP contribution in [0.15, 0.2) is 40.5 Å². The predicted molar refractivity (Wildman–Crippen MR) is 92.4 cm³/mol. The van der Waals surface area contributed by atoms with Gasteiger partial charge >= 0.3 is 0 Å². The maximum absolute atomic E-state index is 12.1. The van der Waals surface area contributed by atoms with Gasteiger partial charge < -0.3 is 14.6 Å². The van der Waals surface area contributed by atoms with Crippen molar-refractivity contribution in [3.63, 3.8) is 0 Å². The lowest BCUT2D eigenvalue weighted by Crippen LogP contribution is -2.57. The van der Waals surface area contributed by atoms with Crippen molar-refractivity contribution in [2.45, 2.75) is 25.0 Å². The Morgan fingerprint density at radius 1 is 1.57 bits per heavy atom. The van der Waals surface area contributed by atoms with Gasteiger partial charge in [-0.25, -0.2) is 8.42 Å². The lowest BCUT2D eigenvalue weighted by atomic mass is 10.2. The van der Waals surface area contributed by atoms with E-state index in [-0.39, 0.29) is 5.75 Å². The molecule has 1 aliphatic heterocycles. The summed E-state index contributed by atoms with van der Waals surface area (Å²) in [5.41, 5.74) is 0. The first-order valence-electron chi connectivity index (χ1n) is 7.74. The number of rotatable bonds is 5. The molecule has 1 aliphatic rings. The van der Waals surface area contributed by atoms with Crippen molar-refractivity contribution in [3.05, 3.63) is 36.8 Å². The highest BCUT2D eigenvalue weighted by Crippen LogP contribution is 2.23. The number of hydrogen-bond donors (Lipinski definition) is 1. The van der Waals surface area contributed by atoms with Crippen LogP contribution in [-0.2, 0) is 16.3 Å². The van der Waals surface area contributed by atoms with E-state index in [4.69, 9.17) is 4.42 Å². The van der Waals surface area contributed by atoms with Crippen LogP contribution >= 0.6 is 0 Å². The maximum atomic E-state index is 12.1. The highest BCUT2D eigenvalue weighted by atomic mass is 32.2. The summed E-state index contributed by atoms with van der Waals surface area (Å²) in [4.78, 5) is 6.61. The second-order valence-corrected chi connectivity index (χ2v) is 8.95. The Balaban J connectivity index is 2.06. The number of hydrogen-bond acceptors (Lipinski definition) is 4. The summed E-state index contributed by atoms with van der Waals surface area (Å²) in [5, 5.41) is 3.22. The molecule has 0 atom stereocenters. The minimum Gasteiger partial charge on any atom is -0.469 e. The molecule has 6 nitrogen and oxygen atoms in total. The molecule has 0 bridgehead atoms. The highest BCUT2D eigenvalue weighted by molar-refractivity contribution is 7.92. The fourth-order valence-corrected chi connectivity index (χ4v) is 3.85. The third-order valence-corrected chi connectivity index (χ3v) is 6.48. The van der Waals surface area contributed by atoms with Crippen LogP contribution in [0, 0.1) is 0 Å². The van der Waals surface area contributed by atoms with Crippen LogP contribution in [0.25, 0.3) is 0 Å². The van der Waals surface area contributed by atoms with Gasteiger partial charge in [-0.05, 0) is 26.0 Å². The van der Waals surface area contributed by atoms with Crippen molar-refractivity contribution in [2.75, 3.05) is 31.9 Å². The van der Waals surface area contributed by atoms with E-state index in [2.05, 4.69) is 16.9 Å². The van der Waals surface area contributed by atoms with E-state index in [0.29, 0.717) is 32.6 Å². The molecule has 1 saturated heterocycles. The molecule has 0 saturated carbocycles. The van der Waals surface area contributed by atoms with E-state index in [0.717, 1.165) is 11.7 Å². The second-order valence-electron chi connectivity index (χ2n) is 6.20. The molecule has 0 aliphatic carbocycles. The van der Waals surface area contributed by atoms with Gasteiger partial charge in [-0.1, -0.05) is 6.08 Å². The average Bonchev–Trinajstić information content (AvgIpc) is 2.99. The molecule has 2 rings (SSSR count). The molecule has 0 radical (unpaired) electrons. The monoisotopic (exact) mass is 339 g/mol. The van der Waals surface area contributed by atoms with Crippen LogP contribution in [0.3, 0.4) is 0 Å². The molecular weight excluding hydrogens is 314 g/mol. The SMILES string of the molecule is C=CCNC(=NCCc1ccco1)N1CCS(=O)(=O)C(C)(C)C1. The fraction of sp³-hybridized carbons (Fsp3) is 0.562. The van der Waals surface area contributed by atoms with E-state index in [1.54, 1.807) is 26.2 Å². The van der Waals surface area contributed by atoms with E-state index in [1.165, 1.54) is 0 Å². The summed E-state index contributed by atoms with van der Waals surface area (Å²) in [6.07, 6.45) is 4.11. The largest absolute Gasteiger partial charge is 0.469 e. The Bertz CT molecular complexity index is 648. The third kappa shape index (κ3) is 4.37. The lowest BCUT2D eigenvalue weighted by molar-refractivity contribution is 0.354. The van der Waals surface area contributed by atoms with Gasteiger partial charge in [-0.2, -0.15) is 0 Å². The van der Waals surface area contributed by atoms with Crippen LogP contribution in [0.2, 0.25) is 0 Å². The zero-order valence-corrected chi connectivity index (χ0v) is 14.6. The summed E-state index contributed by atoms with van der Waals surface area (Å²) in [6.45, 7) is 9.29. The molecule has 2 heterocycles. The smallest absolute Gasteiger partial charge is 0.194 e. The van der Waals surface area contributed by atoms with Crippen LogP contribution < -0.4 is 5.32 Å². The number of sulfone groups is 1. The van der Waals surface area contributed by atoms with Crippen LogP contribution in [0.4, 0.5) is 0 Å². The Labute approximate surface area is 138 Å². The summed E-state index contributed by atoms with van der Waals surface area (Å²) >= 11 is 0. The quantitative estimate of drug-likeness (QED) is 0.499. The van der Waals surface area contributed by atoms with E-state index >= 15 is 0 Å². The zero-order valence-electron chi connectivity index (χ0n) is 13.8. The first-order valence-corrected chi connectivity index (χ1v) is 9.40. The van der Waals surface area contributed by atoms with Crippen molar-refractivity contribution in [3.8, 4) is 0 Å². The molecule has 1 N–H and O–H groups in total. The average molecular weight is 339 g/mol. The molecule has 128 valence electrons. The van der Waals surface area contributed by atoms with Gasteiger partial charge in [0.2, 0.25) is 0 Å². The molecule has 0 spiro atoms. The summed E-state index contributed by atoms with van der Waals surface area (Å²) < 4.78 is 28.8. The third-order valence-electron chi connectivity index (χ3n) is 3.95. The van der Waals surface area contributed by atoms with Crippen LogP contribution in [-0.4, -0.2) is 56.0 Å². The van der Waals surface area contributed by atoms with Gasteiger partial charge in [0.05, 0.1) is 16.8 Å². The molecule has 1 aromatic heterocycles. The van der Waals surface area contributed by atoms with Gasteiger partial charge in [0.25, 0.3) is 0 Å². The number of nitrogens with zero attached hydrogens (tertiary/aromatic N) is 2. The fourth-order valence-electron chi connectivity index (χ4n) is 2.48. The second kappa shape index (κ2) is 7.21. The van der Waals surface area contributed by atoms with Crippen molar-refractivity contribution >= 4 is 15.8 Å². The van der Waals surface area contributed by atoms with E-state index < -0.39 is 14.6 Å². The highest BCUT2D eigenvalue weighted by Gasteiger charge is 2.40. The molecule has 1 fully saturated rings. The lowest BCUT2D eigenvalue weighted by Gasteiger charge is -2.39. The Kier molecular flexibility index (Phi) is 5.51. The maximum Gasteiger partial charge on any atom is 0.194 e. The number of furan rings is 1. The molecular formula is C16H25N3O3S. The van der Waals surface area contributed by atoms with Gasteiger partial charge in [0.1, 0.15) is 5.76 Å². The number of guanidine groups is 1. The summed E-state index contributed by atoms with van der Waals surface area (Å²) in [5.74, 6) is 1.75. The molecule has 7 heteroatoms. The molecule has 0 amide bonds. The standard InChI is InChI=1S/C16H25N3O3S/c1-4-8-17-15(18-9-7-14-6-5-11-22-14)19-10-12-23(20,21)16(2,3)13-19/h4-6,11H,1,7-10,12-13H2,2-3H3,(H,17,18). The van der Waals surface area contributed by atoms with Gasteiger partial charge in [-0.15, -0.1) is 6.58 Å². The predicted octanol–water partition coefficient (Wildman–Crippen LogP) is 1.46. The Hall–Kier alpha value is -1.76. The Morgan fingerprint density at radius 3 is 2.96 bits per heavy atom. The summed E-state index contributed by atoms with van der Waals surface area (Å²) in [7, 11) is -3.06. The minimum absolute atomic E-state index is 0.146. The van der Waals surface area contributed by atoms with Crippen LogP contribution in [0.1, 0.15) is 19.6 Å². The number of nitrogens with one attached hydrogen (secondary N) is 1.